The predicted molar refractivity (Wildman–Crippen MR) is 79.6 cm³/mol. The summed E-state index contributed by atoms with van der Waals surface area (Å²) in [5.41, 5.74) is 2.20. The van der Waals surface area contributed by atoms with Gasteiger partial charge < -0.3 is 14.4 Å². The Bertz CT molecular complexity index is 947. The van der Waals surface area contributed by atoms with E-state index in [1.165, 1.54) is 12.1 Å². The number of aromatic amines is 1. The van der Waals surface area contributed by atoms with Gasteiger partial charge in [0.25, 0.3) is 11.8 Å². The number of nitrogens with one attached hydrogen (secondary N) is 1. The average molecular weight is 309 g/mol. The van der Waals surface area contributed by atoms with E-state index < -0.39 is 17.8 Å². The van der Waals surface area contributed by atoms with Crippen LogP contribution in [0.1, 0.15) is 31.2 Å². The molecule has 1 aromatic carbocycles. The van der Waals surface area contributed by atoms with Gasteiger partial charge in [-0.25, -0.2) is 4.79 Å². The lowest BCUT2D eigenvalue weighted by Gasteiger charge is -2.11. The Morgan fingerprint density at radius 2 is 1.74 bits per heavy atom. The van der Waals surface area contributed by atoms with Crippen LogP contribution < -0.4 is 0 Å². The van der Waals surface area contributed by atoms with Crippen molar-refractivity contribution in [2.24, 2.45) is 7.05 Å². The maximum Gasteiger partial charge on any atom is 0.380 e. The Morgan fingerprint density at radius 3 is 2.35 bits per heavy atom. The number of carbonyl (C=O) groups excluding carboxylic acids is 3. The van der Waals surface area contributed by atoms with E-state index in [0.29, 0.717) is 5.06 Å². The number of hydrogen-bond acceptors (Lipinski definition) is 4. The summed E-state index contributed by atoms with van der Waals surface area (Å²) in [4.78, 5) is 44.4. The molecule has 0 unspecified atom stereocenters. The minimum atomic E-state index is -0.796. The number of benzene rings is 1. The summed E-state index contributed by atoms with van der Waals surface area (Å²) >= 11 is 0. The first-order valence-electron chi connectivity index (χ1n) is 6.90. The number of hydrogen-bond donors (Lipinski definition) is 1. The summed E-state index contributed by atoms with van der Waals surface area (Å²) in [6.45, 7) is 0. The second-order valence-corrected chi connectivity index (χ2v) is 5.24. The summed E-state index contributed by atoms with van der Waals surface area (Å²) in [7, 11) is 1.84. The van der Waals surface area contributed by atoms with Crippen molar-refractivity contribution in [3.63, 3.8) is 0 Å². The standard InChI is InChI=1S/C16H11N3O4/c1-18-7-6-11-13(18)8-12(17-11)16(22)23-19-14(20)9-4-2-3-5-10(9)15(19)21/h2-8,17H,1H3. The molecule has 0 fully saturated rings. The van der Waals surface area contributed by atoms with Crippen LogP contribution in [0, 0.1) is 0 Å². The van der Waals surface area contributed by atoms with Crippen LogP contribution in [0.25, 0.3) is 11.0 Å². The fourth-order valence-electron chi connectivity index (χ4n) is 2.64. The van der Waals surface area contributed by atoms with E-state index in [1.807, 2.05) is 23.9 Å². The van der Waals surface area contributed by atoms with Crippen LogP contribution in [0.4, 0.5) is 0 Å². The van der Waals surface area contributed by atoms with Gasteiger partial charge in [0.05, 0.1) is 22.2 Å². The van der Waals surface area contributed by atoms with Crippen molar-refractivity contribution < 1.29 is 19.2 Å². The summed E-state index contributed by atoms with van der Waals surface area (Å²) in [6.07, 6.45) is 1.85. The highest BCUT2D eigenvalue weighted by Gasteiger charge is 2.39. The largest absolute Gasteiger partial charge is 0.380 e. The number of aromatic nitrogens is 2. The summed E-state index contributed by atoms with van der Waals surface area (Å²) in [6, 6.07) is 9.75. The Labute approximate surface area is 130 Å². The van der Waals surface area contributed by atoms with E-state index in [-0.39, 0.29) is 16.8 Å². The molecule has 0 aliphatic carbocycles. The van der Waals surface area contributed by atoms with E-state index in [1.54, 1.807) is 18.2 Å². The highest BCUT2D eigenvalue weighted by molar-refractivity contribution is 6.21. The van der Waals surface area contributed by atoms with Crippen molar-refractivity contribution >= 4 is 28.8 Å². The maximum atomic E-state index is 12.2. The number of imide groups is 1. The Kier molecular flexibility index (Phi) is 2.65. The molecule has 1 aliphatic heterocycles. The van der Waals surface area contributed by atoms with E-state index in [4.69, 9.17) is 4.84 Å². The molecule has 3 aromatic rings. The lowest BCUT2D eigenvalue weighted by atomic mass is 10.1. The summed E-state index contributed by atoms with van der Waals surface area (Å²) < 4.78 is 1.84. The third-order valence-corrected chi connectivity index (χ3v) is 3.82. The first-order valence-corrected chi connectivity index (χ1v) is 6.90. The quantitative estimate of drug-likeness (QED) is 0.732. The number of fused-ring (bicyclic) bond motifs is 2. The Morgan fingerprint density at radius 1 is 1.09 bits per heavy atom. The van der Waals surface area contributed by atoms with Crippen LogP contribution in [0.15, 0.2) is 42.6 Å². The Hall–Kier alpha value is -3.35. The van der Waals surface area contributed by atoms with Crippen molar-refractivity contribution in [2.45, 2.75) is 0 Å². The lowest BCUT2D eigenvalue weighted by molar-refractivity contribution is -0.0587. The summed E-state index contributed by atoms with van der Waals surface area (Å²) in [5.74, 6) is -2.08. The van der Waals surface area contributed by atoms with Crippen LogP contribution in [-0.4, -0.2) is 32.4 Å². The predicted octanol–water partition coefficient (Wildman–Crippen LogP) is 1.87. The fraction of sp³-hybridized carbons (Fsp3) is 0.0625. The summed E-state index contributed by atoms with van der Waals surface area (Å²) in [5, 5.41) is 0.499. The first-order chi connectivity index (χ1) is 11.1. The molecule has 0 spiro atoms. The molecule has 0 radical (unpaired) electrons. The third-order valence-electron chi connectivity index (χ3n) is 3.82. The monoisotopic (exact) mass is 309 g/mol. The zero-order valence-corrected chi connectivity index (χ0v) is 12.1. The van der Waals surface area contributed by atoms with Gasteiger partial charge in [0.2, 0.25) is 0 Å². The minimum absolute atomic E-state index is 0.169. The molecule has 7 heteroatoms. The first kappa shape index (κ1) is 13.3. The number of nitrogens with zero attached hydrogens (tertiary/aromatic N) is 2. The molecular weight excluding hydrogens is 298 g/mol. The van der Waals surface area contributed by atoms with Crippen LogP contribution in [0.2, 0.25) is 0 Å². The molecule has 0 bridgehead atoms. The van der Waals surface area contributed by atoms with Crippen LogP contribution in [-0.2, 0) is 11.9 Å². The number of rotatable bonds is 2. The van der Waals surface area contributed by atoms with E-state index in [2.05, 4.69) is 4.98 Å². The van der Waals surface area contributed by atoms with Crippen molar-refractivity contribution in [3.05, 3.63) is 59.4 Å². The molecule has 114 valence electrons. The number of carbonyl (C=O) groups is 3. The second-order valence-electron chi connectivity index (χ2n) is 5.24. The number of H-pyrrole nitrogens is 1. The maximum absolute atomic E-state index is 12.2. The topological polar surface area (TPSA) is 84.4 Å². The van der Waals surface area contributed by atoms with Gasteiger partial charge in [-0.2, -0.15) is 0 Å². The van der Waals surface area contributed by atoms with Gasteiger partial charge in [-0.1, -0.05) is 17.2 Å². The van der Waals surface area contributed by atoms with Crippen LogP contribution in [0.3, 0.4) is 0 Å². The molecule has 7 nitrogen and oxygen atoms in total. The highest BCUT2D eigenvalue weighted by atomic mass is 16.7. The molecule has 2 aromatic heterocycles. The molecule has 0 atom stereocenters. The molecule has 1 aliphatic rings. The highest BCUT2D eigenvalue weighted by Crippen LogP contribution is 2.24. The molecule has 1 N–H and O–H groups in total. The smallest absolute Gasteiger partial charge is 0.349 e. The van der Waals surface area contributed by atoms with Crippen molar-refractivity contribution in [2.75, 3.05) is 0 Å². The van der Waals surface area contributed by atoms with Gasteiger partial charge in [0.1, 0.15) is 5.69 Å². The molecule has 3 heterocycles. The molecule has 0 saturated heterocycles. The average Bonchev–Trinajstić information content (AvgIpc) is 3.19. The van der Waals surface area contributed by atoms with Crippen molar-refractivity contribution in [3.8, 4) is 0 Å². The fourth-order valence-corrected chi connectivity index (χ4v) is 2.64. The van der Waals surface area contributed by atoms with Crippen LogP contribution in [0.5, 0.6) is 0 Å². The zero-order valence-electron chi connectivity index (χ0n) is 12.1. The number of amides is 2. The molecule has 23 heavy (non-hydrogen) atoms. The van der Waals surface area contributed by atoms with Crippen LogP contribution >= 0.6 is 0 Å². The van der Waals surface area contributed by atoms with Gasteiger partial charge in [-0.15, -0.1) is 0 Å². The number of aryl methyl sites for hydroxylation is 1. The SMILES string of the molecule is Cn1ccc2[nH]c(C(=O)ON3C(=O)c4ccccc4C3=O)cc21. The van der Waals surface area contributed by atoms with Gasteiger partial charge in [0, 0.05) is 13.2 Å². The van der Waals surface area contributed by atoms with Gasteiger partial charge in [-0.3, -0.25) is 9.59 Å². The van der Waals surface area contributed by atoms with E-state index in [9.17, 15) is 14.4 Å². The second kappa shape index (κ2) is 4.57. The van der Waals surface area contributed by atoms with Crippen molar-refractivity contribution in [1.29, 1.82) is 0 Å². The van der Waals surface area contributed by atoms with Gasteiger partial charge in [0.15, 0.2) is 0 Å². The normalized spacial score (nSPS) is 13.7. The third kappa shape index (κ3) is 1.87. The lowest BCUT2D eigenvalue weighted by Crippen LogP contribution is -2.32. The molecular formula is C16H11N3O4. The molecule has 2 amide bonds. The number of hydroxylamine groups is 2. The zero-order chi connectivity index (χ0) is 16.1. The van der Waals surface area contributed by atoms with E-state index in [0.717, 1.165) is 11.0 Å². The molecule has 4 rings (SSSR count). The Balaban J connectivity index is 1.62. The minimum Gasteiger partial charge on any atom is -0.349 e. The van der Waals surface area contributed by atoms with Crippen molar-refractivity contribution in [1.82, 2.24) is 14.6 Å². The molecule has 0 saturated carbocycles. The van der Waals surface area contributed by atoms with Gasteiger partial charge >= 0.3 is 5.97 Å². The van der Waals surface area contributed by atoms with E-state index >= 15 is 0 Å². The van der Waals surface area contributed by atoms with Gasteiger partial charge in [-0.05, 0) is 24.3 Å².